The summed E-state index contributed by atoms with van der Waals surface area (Å²) in [5, 5.41) is 0. The Morgan fingerprint density at radius 1 is 1.06 bits per heavy atom. The van der Waals surface area contributed by atoms with Crippen LogP contribution >= 0.6 is 0 Å². The lowest BCUT2D eigenvalue weighted by molar-refractivity contribution is 0.408. The number of benzene rings is 1. The molecule has 0 radical (unpaired) electrons. The van der Waals surface area contributed by atoms with Crippen molar-refractivity contribution >= 4 is 0 Å². The van der Waals surface area contributed by atoms with Crippen molar-refractivity contribution in [2.75, 3.05) is 6.54 Å². The largest absolute Gasteiger partial charge is 0.330 e. The van der Waals surface area contributed by atoms with Crippen molar-refractivity contribution in [3.05, 3.63) is 35.4 Å². The topological polar surface area (TPSA) is 26.0 Å². The van der Waals surface area contributed by atoms with Crippen LogP contribution in [0.3, 0.4) is 0 Å². The Morgan fingerprint density at radius 3 is 2.33 bits per heavy atom. The van der Waals surface area contributed by atoms with Gasteiger partial charge in [0.05, 0.1) is 0 Å². The third kappa shape index (κ3) is 3.14. The summed E-state index contributed by atoms with van der Waals surface area (Å²) in [5.74, 6) is 2.01. The predicted octanol–water partition coefficient (Wildman–Crippen LogP) is 4.43. The van der Waals surface area contributed by atoms with E-state index >= 15 is 0 Å². The van der Waals surface area contributed by atoms with Gasteiger partial charge in [-0.1, -0.05) is 57.4 Å². The van der Waals surface area contributed by atoms with Gasteiger partial charge in [0.25, 0.3) is 0 Å². The van der Waals surface area contributed by atoms with Crippen LogP contribution in [0, 0.1) is 5.92 Å². The fourth-order valence-electron chi connectivity index (χ4n) is 3.23. The summed E-state index contributed by atoms with van der Waals surface area (Å²) in [7, 11) is 0. The number of hydrogen-bond donors (Lipinski definition) is 1. The molecule has 0 aliphatic heterocycles. The molecule has 1 nitrogen and oxygen atoms in total. The van der Waals surface area contributed by atoms with E-state index in [9.17, 15) is 0 Å². The molecule has 0 saturated heterocycles. The molecule has 1 aliphatic carbocycles. The molecular formula is C17H27N. The summed E-state index contributed by atoms with van der Waals surface area (Å²) in [4.78, 5) is 0. The molecule has 2 rings (SSSR count). The first kappa shape index (κ1) is 13.6. The monoisotopic (exact) mass is 245 g/mol. The molecule has 0 aromatic heterocycles. The minimum atomic E-state index is 0.624. The Hall–Kier alpha value is -0.820. The third-order valence-corrected chi connectivity index (χ3v) is 4.49. The van der Waals surface area contributed by atoms with Crippen LogP contribution in [0.4, 0.5) is 0 Å². The van der Waals surface area contributed by atoms with E-state index in [1.807, 2.05) is 0 Å². The molecule has 1 fully saturated rings. The highest BCUT2D eigenvalue weighted by Gasteiger charge is 2.23. The van der Waals surface area contributed by atoms with Crippen molar-refractivity contribution in [2.45, 2.75) is 57.8 Å². The molecular weight excluding hydrogens is 218 g/mol. The molecule has 2 atom stereocenters. The lowest BCUT2D eigenvalue weighted by atomic mass is 9.82. The van der Waals surface area contributed by atoms with Crippen molar-refractivity contribution in [1.82, 2.24) is 0 Å². The Morgan fingerprint density at radius 2 is 1.72 bits per heavy atom. The van der Waals surface area contributed by atoms with Gasteiger partial charge < -0.3 is 5.73 Å². The second kappa shape index (κ2) is 6.38. The van der Waals surface area contributed by atoms with E-state index in [2.05, 4.69) is 38.1 Å². The van der Waals surface area contributed by atoms with E-state index in [0.717, 1.165) is 6.54 Å². The van der Waals surface area contributed by atoms with Crippen LogP contribution in [0.1, 0.15) is 68.9 Å². The minimum absolute atomic E-state index is 0.624. The Kier molecular flexibility index (Phi) is 4.82. The molecule has 0 bridgehead atoms. The molecule has 1 saturated carbocycles. The summed E-state index contributed by atoms with van der Waals surface area (Å²) in [6.07, 6.45) is 6.75. The summed E-state index contributed by atoms with van der Waals surface area (Å²) >= 11 is 0. The quantitative estimate of drug-likeness (QED) is 0.783. The predicted molar refractivity (Wildman–Crippen MR) is 78.9 cm³/mol. The van der Waals surface area contributed by atoms with Crippen molar-refractivity contribution in [2.24, 2.45) is 11.7 Å². The van der Waals surface area contributed by atoms with Crippen LogP contribution in [0.25, 0.3) is 0 Å². The number of rotatable bonds is 3. The van der Waals surface area contributed by atoms with E-state index in [0.29, 0.717) is 17.8 Å². The van der Waals surface area contributed by atoms with Crippen LogP contribution in [-0.2, 0) is 0 Å². The van der Waals surface area contributed by atoms with Gasteiger partial charge >= 0.3 is 0 Å². The fraction of sp³-hybridized carbons (Fsp3) is 0.647. The van der Waals surface area contributed by atoms with Gasteiger partial charge in [0.2, 0.25) is 0 Å². The average molecular weight is 245 g/mol. The van der Waals surface area contributed by atoms with E-state index < -0.39 is 0 Å². The zero-order chi connectivity index (χ0) is 13.0. The third-order valence-electron chi connectivity index (χ3n) is 4.49. The van der Waals surface area contributed by atoms with Crippen LogP contribution in [0.15, 0.2) is 24.3 Å². The Balaban J connectivity index is 2.16. The van der Waals surface area contributed by atoms with Gasteiger partial charge in [-0.05, 0) is 48.3 Å². The van der Waals surface area contributed by atoms with E-state index in [1.165, 1.54) is 43.2 Å². The maximum absolute atomic E-state index is 5.98. The molecule has 1 aromatic rings. The summed E-state index contributed by atoms with van der Waals surface area (Å²) in [5.41, 5.74) is 8.93. The Bertz CT molecular complexity index is 352. The van der Waals surface area contributed by atoms with Gasteiger partial charge in [-0.2, -0.15) is 0 Å². The molecule has 1 heteroatoms. The van der Waals surface area contributed by atoms with Gasteiger partial charge in [-0.15, -0.1) is 0 Å². The molecule has 1 aromatic carbocycles. The fourth-order valence-corrected chi connectivity index (χ4v) is 3.23. The lowest BCUT2D eigenvalue weighted by Crippen LogP contribution is -2.21. The minimum Gasteiger partial charge on any atom is -0.330 e. The van der Waals surface area contributed by atoms with Gasteiger partial charge in [0, 0.05) is 0 Å². The highest BCUT2D eigenvalue weighted by molar-refractivity contribution is 5.27. The maximum Gasteiger partial charge on any atom is -0.00430 e. The van der Waals surface area contributed by atoms with Crippen LogP contribution in [0.2, 0.25) is 0 Å². The van der Waals surface area contributed by atoms with E-state index in [-0.39, 0.29) is 0 Å². The molecule has 2 N–H and O–H groups in total. The molecule has 18 heavy (non-hydrogen) atoms. The summed E-state index contributed by atoms with van der Waals surface area (Å²) in [6, 6.07) is 9.29. The zero-order valence-electron chi connectivity index (χ0n) is 11.9. The van der Waals surface area contributed by atoms with Crippen molar-refractivity contribution < 1.29 is 0 Å². The first-order chi connectivity index (χ1) is 8.72. The Labute approximate surface area is 112 Å². The first-order valence-corrected chi connectivity index (χ1v) is 7.52. The van der Waals surface area contributed by atoms with Crippen molar-refractivity contribution in [3.63, 3.8) is 0 Å². The molecule has 100 valence electrons. The molecule has 1 aliphatic rings. The summed E-state index contributed by atoms with van der Waals surface area (Å²) in [6.45, 7) is 5.35. The molecule has 0 spiro atoms. The van der Waals surface area contributed by atoms with Gasteiger partial charge in [-0.3, -0.25) is 0 Å². The van der Waals surface area contributed by atoms with Gasteiger partial charge in [0.1, 0.15) is 0 Å². The second-order valence-corrected chi connectivity index (χ2v) is 6.06. The first-order valence-electron chi connectivity index (χ1n) is 7.52. The maximum atomic E-state index is 5.98. The highest BCUT2D eigenvalue weighted by Crippen LogP contribution is 2.36. The van der Waals surface area contributed by atoms with Gasteiger partial charge in [-0.25, -0.2) is 0 Å². The smallest absolute Gasteiger partial charge is 0.00430 e. The van der Waals surface area contributed by atoms with Crippen molar-refractivity contribution in [1.29, 1.82) is 0 Å². The molecule has 0 heterocycles. The number of nitrogens with two attached hydrogens (primary N) is 1. The van der Waals surface area contributed by atoms with E-state index in [4.69, 9.17) is 5.73 Å². The van der Waals surface area contributed by atoms with Crippen LogP contribution in [-0.4, -0.2) is 6.54 Å². The molecule has 2 unspecified atom stereocenters. The highest BCUT2D eigenvalue weighted by atomic mass is 14.6. The van der Waals surface area contributed by atoms with Crippen molar-refractivity contribution in [3.8, 4) is 0 Å². The number of hydrogen-bond acceptors (Lipinski definition) is 1. The van der Waals surface area contributed by atoms with Gasteiger partial charge in [0.15, 0.2) is 0 Å². The van der Waals surface area contributed by atoms with E-state index in [1.54, 1.807) is 0 Å². The lowest BCUT2D eigenvalue weighted by Gasteiger charge is -2.24. The van der Waals surface area contributed by atoms with Crippen LogP contribution in [0.5, 0.6) is 0 Å². The second-order valence-electron chi connectivity index (χ2n) is 6.06. The average Bonchev–Trinajstić information content (AvgIpc) is 2.63. The van der Waals surface area contributed by atoms with Crippen LogP contribution < -0.4 is 5.73 Å². The summed E-state index contributed by atoms with van der Waals surface area (Å²) < 4.78 is 0. The zero-order valence-corrected chi connectivity index (χ0v) is 11.9. The SMILES string of the molecule is CC(C)c1ccc(C2CCCCCC2CN)cc1. The standard InChI is InChI=1S/C17H27N/c1-13(2)14-8-10-15(11-9-14)17-7-5-3-4-6-16(17)12-18/h8-11,13,16-17H,3-7,12,18H2,1-2H3. The normalized spacial score (nSPS) is 25.1. The molecule has 0 amide bonds.